The van der Waals surface area contributed by atoms with Crippen LogP contribution in [0.15, 0.2) is 41.3 Å². The molecule has 0 aromatic heterocycles. The SMILES string of the molecule is O=[N+]([O-])c1cc(Cl)ccc1S(=O)(=O)Oc1ccc(F)cc1F. The molecule has 0 aliphatic heterocycles. The van der Waals surface area contributed by atoms with Crippen LogP contribution in [0.5, 0.6) is 5.75 Å². The van der Waals surface area contributed by atoms with Gasteiger partial charge in [0.2, 0.25) is 0 Å². The molecule has 2 aromatic carbocycles. The minimum Gasteiger partial charge on any atom is -0.376 e. The van der Waals surface area contributed by atoms with Crippen LogP contribution in [-0.2, 0) is 10.1 Å². The van der Waals surface area contributed by atoms with Gasteiger partial charge in [0.15, 0.2) is 16.5 Å². The normalized spacial score (nSPS) is 11.2. The molecule has 2 aromatic rings. The first-order valence-electron chi connectivity index (χ1n) is 5.54. The Morgan fingerprint density at radius 3 is 2.41 bits per heavy atom. The van der Waals surface area contributed by atoms with E-state index in [0.717, 1.165) is 30.3 Å². The average Bonchev–Trinajstić information content (AvgIpc) is 2.41. The predicted octanol–water partition coefficient (Wildman–Crippen LogP) is 3.29. The predicted molar refractivity (Wildman–Crippen MR) is 72.3 cm³/mol. The number of nitrogens with zero attached hydrogens (tertiary/aromatic N) is 1. The Balaban J connectivity index is 2.49. The minimum atomic E-state index is -4.70. The Hall–Kier alpha value is -2.26. The van der Waals surface area contributed by atoms with Gasteiger partial charge in [-0.1, -0.05) is 11.6 Å². The van der Waals surface area contributed by atoms with Gasteiger partial charge in [-0.15, -0.1) is 0 Å². The van der Waals surface area contributed by atoms with E-state index in [9.17, 15) is 27.3 Å². The lowest BCUT2D eigenvalue weighted by atomic mass is 10.3. The Morgan fingerprint density at radius 1 is 1.14 bits per heavy atom. The van der Waals surface area contributed by atoms with Crippen molar-refractivity contribution >= 4 is 27.4 Å². The molecule has 0 amide bonds. The fourth-order valence-electron chi connectivity index (χ4n) is 1.55. The number of rotatable bonds is 4. The van der Waals surface area contributed by atoms with Crippen LogP contribution in [-0.4, -0.2) is 13.3 Å². The summed E-state index contributed by atoms with van der Waals surface area (Å²) in [4.78, 5) is 9.12. The van der Waals surface area contributed by atoms with E-state index in [1.807, 2.05) is 0 Å². The molecular formula is C12H6ClF2NO5S. The van der Waals surface area contributed by atoms with Crippen LogP contribution in [0.1, 0.15) is 0 Å². The van der Waals surface area contributed by atoms with Gasteiger partial charge in [0.1, 0.15) is 5.82 Å². The summed E-state index contributed by atoms with van der Waals surface area (Å²) in [5.74, 6) is -2.98. The van der Waals surface area contributed by atoms with Crippen molar-refractivity contribution < 1.29 is 26.3 Å². The molecule has 22 heavy (non-hydrogen) atoms. The molecule has 0 saturated carbocycles. The van der Waals surface area contributed by atoms with Gasteiger partial charge in [-0.25, -0.2) is 8.78 Å². The van der Waals surface area contributed by atoms with E-state index in [0.29, 0.717) is 6.07 Å². The van der Waals surface area contributed by atoms with E-state index in [2.05, 4.69) is 4.18 Å². The lowest BCUT2D eigenvalue weighted by molar-refractivity contribution is -0.387. The minimum absolute atomic E-state index is 0.0568. The molecule has 0 aliphatic rings. The fourth-order valence-corrected chi connectivity index (χ4v) is 2.80. The fraction of sp³-hybridized carbons (Fsp3) is 0. The van der Waals surface area contributed by atoms with Gasteiger partial charge in [-0.05, 0) is 24.3 Å². The largest absolute Gasteiger partial charge is 0.376 e. The number of halogens is 3. The molecule has 0 atom stereocenters. The lowest BCUT2D eigenvalue weighted by Gasteiger charge is -2.08. The van der Waals surface area contributed by atoms with Gasteiger partial charge in [0, 0.05) is 17.2 Å². The molecule has 0 unspecified atom stereocenters. The summed E-state index contributed by atoms with van der Waals surface area (Å²) in [6, 6.07) is 4.73. The molecule has 10 heteroatoms. The van der Waals surface area contributed by atoms with Crippen LogP contribution < -0.4 is 4.18 Å². The Morgan fingerprint density at radius 2 is 1.82 bits per heavy atom. The van der Waals surface area contributed by atoms with Crippen LogP contribution in [0.25, 0.3) is 0 Å². The third-order valence-electron chi connectivity index (χ3n) is 2.48. The first-order chi connectivity index (χ1) is 10.2. The second-order valence-electron chi connectivity index (χ2n) is 3.98. The highest BCUT2D eigenvalue weighted by Gasteiger charge is 2.29. The Labute approximate surface area is 128 Å². The van der Waals surface area contributed by atoms with Gasteiger partial charge >= 0.3 is 10.1 Å². The van der Waals surface area contributed by atoms with Crippen molar-refractivity contribution in [2.75, 3.05) is 0 Å². The zero-order valence-corrected chi connectivity index (χ0v) is 12.1. The summed E-state index contributed by atoms with van der Waals surface area (Å²) in [5.41, 5.74) is -0.824. The second-order valence-corrected chi connectivity index (χ2v) is 5.93. The maximum atomic E-state index is 13.4. The number of hydrogen-bond donors (Lipinski definition) is 0. The molecule has 0 spiro atoms. The first-order valence-corrected chi connectivity index (χ1v) is 7.33. The lowest BCUT2D eigenvalue weighted by Crippen LogP contribution is -2.13. The van der Waals surface area contributed by atoms with Gasteiger partial charge in [-0.2, -0.15) is 8.42 Å². The zero-order valence-electron chi connectivity index (χ0n) is 10.5. The van der Waals surface area contributed by atoms with Crippen LogP contribution in [0, 0.1) is 21.7 Å². The Kier molecular flexibility index (Phi) is 4.29. The van der Waals surface area contributed by atoms with E-state index in [-0.39, 0.29) is 5.02 Å². The van der Waals surface area contributed by atoms with E-state index >= 15 is 0 Å². The average molecular weight is 350 g/mol. The van der Waals surface area contributed by atoms with Crippen molar-refractivity contribution in [2.24, 2.45) is 0 Å². The third kappa shape index (κ3) is 3.31. The van der Waals surface area contributed by atoms with Crippen LogP contribution in [0.2, 0.25) is 5.02 Å². The zero-order chi connectivity index (χ0) is 16.5. The van der Waals surface area contributed by atoms with E-state index in [1.165, 1.54) is 0 Å². The van der Waals surface area contributed by atoms with Crippen LogP contribution >= 0.6 is 11.6 Å². The molecule has 0 fully saturated rings. The summed E-state index contributed by atoms with van der Waals surface area (Å²) >= 11 is 5.57. The monoisotopic (exact) mass is 349 g/mol. The molecule has 0 bridgehead atoms. The smallest absolute Gasteiger partial charge is 0.346 e. The van der Waals surface area contributed by atoms with Crippen molar-refractivity contribution in [1.82, 2.24) is 0 Å². The van der Waals surface area contributed by atoms with Gasteiger partial charge in [-0.3, -0.25) is 10.1 Å². The second kappa shape index (κ2) is 5.85. The molecule has 0 heterocycles. The van der Waals surface area contributed by atoms with Gasteiger partial charge in [0.05, 0.1) is 4.92 Å². The standard InChI is InChI=1S/C12H6ClF2NO5S/c13-7-1-4-12(10(5-7)16(17)18)22(19,20)21-11-3-2-8(14)6-9(11)15/h1-6H. The summed E-state index contributed by atoms with van der Waals surface area (Å²) < 4.78 is 54.8. The van der Waals surface area contributed by atoms with Crippen molar-refractivity contribution in [3.63, 3.8) is 0 Å². The van der Waals surface area contributed by atoms with Crippen molar-refractivity contribution in [2.45, 2.75) is 4.90 Å². The highest BCUT2D eigenvalue weighted by molar-refractivity contribution is 7.87. The molecule has 0 aliphatic carbocycles. The number of nitro benzene ring substituents is 1. The maximum Gasteiger partial charge on any atom is 0.346 e. The molecule has 0 saturated heterocycles. The molecule has 0 radical (unpaired) electrons. The van der Waals surface area contributed by atoms with Crippen molar-refractivity contribution in [3.8, 4) is 5.75 Å². The van der Waals surface area contributed by atoms with E-state index in [4.69, 9.17) is 11.6 Å². The van der Waals surface area contributed by atoms with Gasteiger partial charge in [0.25, 0.3) is 5.69 Å². The van der Waals surface area contributed by atoms with Crippen molar-refractivity contribution in [1.29, 1.82) is 0 Å². The molecular weight excluding hydrogens is 344 g/mol. The van der Waals surface area contributed by atoms with Crippen molar-refractivity contribution in [3.05, 3.63) is 63.2 Å². The molecule has 2 rings (SSSR count). The molecule has 6 nitrogen and oxygen atoms in total. The van der Waals surface area contributed by atoms with Gasteiger partial charge < -0.3 is 4.18 Å². The highest BCUT2D eigenvalue weighted by Crippen LogP contribution is 2.30. The summed E-state index contributed by atoms with van der Waals surface area (Å²) in [5, 5.41) is 10.8. The maximum absolute atomic E-state index is 13.4. The van der Waals surface area contributed by atoms with E-state index < -0.39 is 43.0 Å². The number of benzene rings is 2. The summed E-state index contributed by atoms with van der Waals surface area (Å²) in [7, 11) is -4.70. The summed E-state index contributed by atoms with van der Waals surface area (Å²) in [6.07, 6.45) is 0. The topological polar surface area (TPSA) is 86.5 Å². The number of nitro groups is 1. The third-order valence-corrected chi connectivity index (χ3v) is 4.00. The highest BCUT2D eigenvalue weighted by atomic mass is 35.5. The Bertz CT molecular complexity index is 857. The van der Waals surface area contributed by atoms with E-state index in [1.54, 1.807) is 0 Å². The quantitative estimate of drug-likeness (QED) is 0.480. The molecule has 0 N–H and O–H groups in total. The van der Waals surface area contributed by atoms with Crippen LogP contribution in [0.3, 0.4) is 0 Å². The van der Waals surface area contributed by atoms with Crippen LogP contribution in [0.4, 0.5) is 14.5 Å². The first kappa shape index (κ1) is 16.1. The number of hydrogen-bond acceptors (Lipinski definition) is 5. The molecule has 116 valence electrons. The summed E-state index contributed by atoms with van der Waals surface area (Å²) in [6.45, 7) is 0.